The van der Waals surface area contributed by atoms with Crippen molar-refractivity contribution in [2.75, 3.05) is 5.32 Å². The number of rotatable bonds is 4. The summed E-state index contributed by atoms with van der Waals surface area (Å²) in [6.07, 6.45) is 0.114. The summed E-state index contributed by atoms with van der Waals surface area (Å²) in [5.74, 6) is 0.407. The quantitative estimate of drug-likeness (QED) is 0.700. The Morgan fingerprint density at radius 1 is 1.08 bits per heavy atom. The summed E-state index contributed by atoms with van der Waals surface area (Å²) in [6, 6.07) is 14.3. The van der Waals surface area contributed by atoms with E-state index in [1.165, 1.54) is 0 Å². The molecule has 0 radical (unpaired) electrons. The van der Waals surface area contributed by atoms with E-state index in [0.29, 0.717) is 27.2 Å². The van der Waals surface area contributed by atoms with Gasteiger partial charge >= 0.3 is 0 Å². The van der Waals surface area contributed by atoms with Crippen LogP contribution in [0.25, 0.3) is 11.3 Å². The maximum Gasteiger partial charge on any atom is 0.230 e. The number of halogens is 2. The number of benzene rings is 2. The minimum atomic E-state index is -0.184. The third-order valence-corrected chi connectivity index (χ3v) is 3.99. The lowest BCUT2D eigenvalue weighted by Gasteiger charge is -2.07. The van der Waals surface area contributed by atoms with Gasteiger partial charge in [0.1, 0.15) is 0 Å². The number of aryl methyl sites for hydroxylation is 1. The van der Waals surface area contributed by atoms with Gasteiger partial charge < -0.3 is 9.84 Å². The molecule has 0 saturated heterocycles. The lowest BCUT2D eigenvalue weighted by atomic mass is 10.1. The number of aromatic nitrogens is 1. The predicted molar refractivity (Wildman–Crippen MR) is 95.5 cm³/mol. The van der Waals surface area contributed by atoms with E-state index in [4.69, 9.17) is 27.7 Å². The van der Waals surface area contributed by atoms with E-state index in [2.05, 4.69) is 10.5 Å². The Labute approximate surface area is 149 Å². The molecule has 1 heterocycles. The van der Waals surface area contributed by atoms with Crippen molar-refractivity contribution in [3.8, 4) is 11.3 Å². The van der Waals surface area contributed by atoms with E-state index in [1.807, 2.05) is 25.1 Å². The molecule has 3 aromatic rings. The highest BCUT2D eigenvalue weighted by Gasteiger charge is 2.12. The SMILES string of the molecule is Cc1ccc(Cl)cc1NC(=O)Cc1cc(-c2ccc(Cl)cc2)on1. The van der Waals surface area contributed by atoms with Crippen molar-refractivity contribution in [1.29, 1.82) is 0 Å². The average Bonchev–Trinajstić information content (AvgIpc) is 3.00. The second-order valence-corrected chi connectivity index (χ2v) is 6.25. The van der Waals surface area contributed by atoms with Crippen molar-refractivity contribution in [1.82, 2.24) is 5.16 Å². The van der Waals surface area contributed by atoms with Crippen molar-refractivity contribution in [2.45, 2.75) is 13.3 Å². The second kappa shape index (κ2) is 7.07. The van der Waals surface area contributed by atoms with E-state index >= 15 is 0 Å². The zero-order valence-corrected chi connectivity index (χ0v) is 14.4. The van der Waals surface area contributed by atoms with Gasteiger partial charge in [-0.3, -0.25) is 4.79 Å². The largest absolute Gasteiger partial charge is 0.356 e. The van der Waals surface area contributed by atoms with Crippen molar-refractivity contribution in [3.05, 3.63) is 69.8 Å². The summed E-state index contributed by atoms with van der Waals surface area (Å²) in [4.78, 5) is 12.2. The number of amides is 1. The van der Waals surface area contributed by atoms with E-state index in [1.54, 1.807) is 30.3 Å². The topological polar surface area (TPSA) is 55.1 Å². The summed E-state index contributed by atoms with van der Waals surface area (Å²) in [6.45, 7) is 1.90. The monoisotopic (exact) mass is 360 g/mol. The third kappa shape index (κ3) is 3.96. The molecule has 0 aliphatic heterocycles. The molecule has 0 atom stereocenters. The molecule has 0 saturated carbocycles. The van der Waals surface area contributed by atoms with Gasteiger partial charge in [0.15, 0.2) is 5.76 Å². The molecule has 1 amide bonds. The number of carbonyl (C=O) groups excluding carboxylic acids is 1. The van der Waals surface area contributed by atoms with Crippen LogP contribution in [0.3, 0.4) is 0 Å². The normalized spacial score (nSPS) is 10.6. The van der Waals surface area contributed by atoms with E-state index in [9.17, 15) is 4.79 Å². The third-order valence-electron chi connectivity index (χ3n) is 3.50. The first kappa shape index (κ1) is 16.6. The number of hydrogen-bond acceptors (Lipinski definition) is 3. The van der Waals surface area contributed by atoms with Gasteiger partial charge in [-0.15, -0.1) is 0 Å². The lowest BCUT2D eigenvalue weighted by molar-refractivity contribution is -0.115. The van der Waals surface area contributed by atoms with Crippen LogP contribution in [-0.2, 0) is 11.2 Å². The highest BCUT2D eigenvalue weighted by molar-refractivity contribution is 6.31. The second-order valence-electron chi connectivity index (χ2n) is 5.37. The van der Waals surface area contributed by atoms with Gasteiger partial charge in [-0.25, -0.2) is 0 Å². The first-order valence-electron chi connectivity index (χ1n) is 7.29. The fourth-order valence-electron chi connectivity index (χ4n) is 2.23. The predicted octanol–water partition coefficient (Wildman–Crippen LogP) is 5.14. The standard InChI is InChI=1S/C18H14Cl2N2O2/c1-11-2-5-14(20)8-16(11)21-18(23)10-15-9-17(24-22-15)12-3-6-13(19)7-4-12/h2-9H,10H2,1H3,(H,21,23). The van der Waals surface area contributed by atoms with Crippen molar-refractivity contribution in [2.24, 2.45) is 0 Å². The summed E-state index contributed by atoms with van der Waals surface area (Å²) in [7, 11) is 0. The Morgan fingerprint density at radius 2 is 1.79 bits per heavy atom. The highest BCUT2D eigenvalue weighted by Crippen LogP contribution is 2.23. The maximum absolute atomic E-state index is 12.2. The number of carbonyl (C=O) groups is 1. The molecule has 0 fully saturated rings. The Hall–Kier alpha value is -2.30. The van der Waals surface area contributed by atoms with Crippen LogP contribution in [0.5, 0.6) is 0 Å². The Balaban J connectivity index is 1.69. The molecular weight excluding hydrogens is 347 g/mol. The van der Waals surface area contributed by atoms with Crippen LogP contribution < -0.4 is 5.32 Å². The first-order chi connectivity index (χ1) is 11.5. The van der Waals surface area contributed by atoms with Crippen LogP contribution >= 0.6 is 23.2 Å². The van der Waals surface area contributed by atoms with Gasteiger partial charge in [0.2, 0.25) is 5.91 Å². The summed E-state index contributed by atoms with van der Waals surface area (Å²) >= 11 is 11.8. The van der Waals surface area contributed by atoms with Crippen LogP contribution in [-0.4, -0.2) is 11.1 Å². The molecule has 24 heavy (non-hydrogen) atoms. The molecule has 0 bridgehead atoms. The minimum Gasteiger partial charge on any atom is -0.356 e. The maximum atomic E-state index is 12.2. The van der Waals surface area contributed by atoms with Crippen molar-refractivity contribution in [3.63, 3.8) is 0 Å². The average molecular weight is 361 g/mol. The first-order valence-corrected chi connectivity index (χ1v) is 8.04. The molecular formula is C18H14Cl2N2O2. The molecule has 2 aromatic carbocycles. The van der Waals surface area contributed by atoms with Gasteiger partial charge in [-0.2, -0.15) is 0 Å². The Bertz CT molecular complexity index is 873. The molecule has 3 rings (SSSR count). The van der Waals surface area contributed by atoms with Crippen molar-refractivity contribution < 1.29 is 9.32 Å². The minimum absolute atomic E-state index is 0.114. The summed E-state index contributed by atoms with van der Waals surface area (Å²) in [5.41, 5.74) is 3.03. The summed E-state index contributed by atoms with van der Waals surface area (Å²) in [5, 5.41) is 7.99. The fourth-order valence-corrected chi connectivity index (χ4v) is 2.53. The van der Waals surface area contributed by atoms with Crippen LogP contribution in [0.2, 0.25) is 10.0 Å². The van der Waals surface area contributed by atoms with Gasteiger partial charge in [0.25, 0.3) is 0 Å². The number of anilines is 1. The Morgan fingerprint density at radius 3 is 2.54 bits per heavy atom. The smallest absolute Gasteiger partial charge is 0.230 e. The van der Waals surface area contributed by atoms with Crippen LogP contribution in [0.1, 0.15) is 11.3 Å². The van der Waals surface area contributed by atoms with E-state index < -0.39 is 0 Å². The lowest BCUT2D eigenvalue weighted by Crippen LogP contribution is -2.15. The number of nitrogens with one attached hydrogen (secondary N) is 1. The van der Waals surface area contributed by atoms with Gasteiger partial charge in [-0.1, -0.05) is 34.4 Å². The summed E-state index contributed by atoms with van der Waals surface area (Å²) < 4.78 is 5.29. The molecule has 6 heteroatoms. The van der Waals surface area contributed by atoms with E-state index in [0.717, 1.165) is 11.1 Å². The van der Waals surface area contributed by atoms with Gasteiger partial charge in [0.05, 0.1) is 12.1 Å². The Kier molecular flexibility index (Phi) is 4.88. The van der Waals surface area contributed by atoms with E-state index in [-0.39, 0.29) is 12.3 Å². The van der Waals surface area contributed by atoms with Crippen molar-refractivity contribution >= 4 is 34.8 Å². The van der Waals surface area contributed by atoms with Gasteiger partial charge in [0, 0.05) is 27.4 Å². The molecule has 0 unspecified atom stereocenters. The molecule has 1 N–H and O–H groups in total. The van der Waals surface area contributed by atoms with Gasteiger partial charge in [-0.05, 0) is 48.9 Å². The zero-order chi connectivity index (χ0) is 17.1. The molecule has 0 aliphatic rings. The molecule has 0 spiro atoms. The van der Waals surface area contributed by atoms with Crippen LogP contribution in [0.4, 0.5) is 5.69 Å². The van der Waals surface area contributed by atoms with Crippen LogP contribution in [0, 0.1) is 6.92 Å². The number of nitrogens with zero attached hydrogens (tertiary/aromatic N) is 1. The molecule has 1 aromatic heterocycles. The molecule has 0 aliphatic carbocycles. The zero-order valence-electron chi connectivity index (χ0n) is 12.8. The highest BCUT2D eigenvalue weighted by atomic mass is 35.5. The number of hydrogen-bond donors (Lipinski definition) is 1. The molecule has 4 nitrogen and oxygen atoms in total. The molecule has 122 valence electrons. The fraction of sp³-hybridized carbons (Fsp3) is 0.111. The van der Waals surface area contributed by atoms with Crippen LogP contribution in [0.15, 0.2) is 53.1 Å².